The Labute approximate surface area is 148 Å². The van der Waals surface area contributed by atoms with Crippen molar-refractivity contribution in [2.45, 2.75) is 20.4 Å². The number of para-hydroxylation sites is 2. The summed E-state index contributed by atoms with van der Waals surface area (Å²) in [6.45, 7) is 4.75. The molecular formula is C20H22N4O. The molecular weight excluding hydrogens is 312 g/mol. The predicted molar refractivity (Wildman–Crippen MR) is 102 cm³/mol. The summed E-state index contributed by atoms with van der Waals surface area (Å²) in [5, 5.41) is 6.58. The fourth-order valence-electron chi connectivity index (χ4n) is 2.48. The molecule has 0 fully saturated rings. The van der Waals surface area contributed by atoms with Gasteiger partial charge in [0.25, 0.3) is 0 Å². The van der Waals surface area contributed by atoms with E-state index < -0.39 is 0 Å². The molecule has 0 radical (unpaired) electrons. The zero-order chi connectivity index (χ0) is 17.6. The van der Waals surface area contributed by atoms with Crippen LogP contribution in [0.2, 0.25) is 0 Å². The molecule has 1 heterocycles. The number of anilines is 3. The smallest absolute Gasteiger partial charge is 0.229 e. The number of hydrogen-bond acceptors (Lipinski definition) is 5. The average Bonchev–Trinajstić information content (AvgIpc) is 2.61. The first-order valence-corrected chi connectivity index (χ1v) is 8.19. The molecule has 0 aliphatic heterocycles. The van der Waals surface area contributed by atoms with Crippen LogP contribution in [-0.4, -0.2) is 17.1 Å². The van der Waals surface area contributed by atoms with Crippen molar-refractivity contribution in [3.05, 3.63) is 71.4 Å². The number of hydrogen-bond donors (Lipinski definition) is 2. The molecule has 0 bridgehead atoms. The summed E-state index contributed by atoms with van der Waals surface area (Å²) in [7, 11) is 1.65. The summed E-state index contributed by atoms with van der Waals surface area (Å²) in [5.74, 6) is 2.07. The van der Waals surface area contributed by atoms with E-state index in [-0.39, 0.29) is 0 Å². The number of rotatable bonds is 6. The second-order valence-electron chi connectivity index (χ2n) is 5.88. The zero-order valence-corrected chi connectivity index (χ0v) is 14.7. The molecule has 128 valence electrons. The number of nitrogens with zero attached hydrogens (tertiary/aromatic N) is 2. The van der Waals surface area contributed by atoms with Crippen LogP contribution < -0.4 is 15.4 Å². The lowest BCUT2D eigenvalue weighted by atomic mass is 10.1. The lowest BCUT2D eigenvalue weighted by Crippen LogP contribution is -2.06. The Balaban J connectivity index is 1.75. The van der Waals surface area contributed by atoms with Crippen LogP contribution in [0.15, 0.2) is 54.6 Å². The van der Waals surface area contributed by atoms with E-state index in [1.54, 1.807) is 7.11 Å². The van der Waals surface area contributed by atoms with Gasteiger partial charge in [-0.05, 0) is 31.5 Å². The van der Waals surface area contributed by atoms with Crippen molar-refractivity contribution < 1.29 is 4.74 Å². The van der Waals surface area contributed by atoms with Gasteiger partial charge in [-0.1, -0.05) is 42.0 Å². The quantitative estimate of drug-likeness (QED) is 0.697. The highest BCUT2D eigenvalue weighted by molar-refractivity contribution is 5.63. The average molecular weight is 334 g/mol. The first kappa shape index (κ1) is 16.8. The van der Waals surface area contributed by atoms with Crippen molar-refractivity contribution >= 4 is 17.5 Å². The molecule has 0 unspecified atom stereocenters. The van der Waals surface area contributed by atoms with E-state index in [2.05, 4.69) is 51.8 Å². The molecule has 3 aromatic rings. The summed E-state index contributed by atoms with van der Waals surface area (Å²) in [4.78, 5) is 9.00. The van der Waals surface area contributed by atoms with Crippen LogP contribution in [0, 0.1) is 13.8 Å². The third kappa shape index (κ3) is 4.47. The maximum absolute atomic E-state index is 5.36. The van der Waals surface area contributed by atoms with E-state index in [1.165, 1.54) is 11.1 Å². The highest BCUT2D eigenvalue weighted by atomic mass is 16.5. The lowest BCUT2D eigenvalue weighted by molar-refractivity contribution is 0.417. The minimum Gasteiger partial charge on any atom is -0.495 e. The van der Waals surface area contributed by atoms with Crippen molar-refractivity contribution in [3.8, 4) is 5.75 Å². The number of methoxy groups -OCH3 is 1. The fraction of sp³-hybridized carbons (Fsp3) is 0.200. The fourth-order valence-corrected chi connectivity index (χ4v) is 2.48. The Morgan fingerprint density at radius 3 is 2.48 bits per heavy atom. The molecule has 1 aromatic heterocycles. The Kier molecular flexibility index (Phi) is 5.14. The number of aryl methyl sites for hydroxylation is 2. The highest BCUT2D eigenvalue weighted by Crippen LogP contribution is 2.26. The van der Waals surface area contributed by atoms with E-state index in [9.17, 15) is 0 Å². The molecule has 0 spiro atoms. The van der Waals surface area contributed by atoms with Crippen LogP contribution in [0.4, 0.5) is 17.5 Å². The third-order valence-corrected chi connectivity index (χ3v) is 3.80. The number of aromatic nitrogens is 2. The van der Waals surface area contributed by atoms with Gasteiger partial charge in [0.1, 0.15) is 11.6 Å². The second kappa shape index (κ2) is 7.66. The monoisotopic (exact) mass is 334 g/mol. The molecule has 0 saturated carbocycles. The van der Waals surface area contributed by atoms with E-state index in [0.29, 0.717) is 12.5 Å². The minimum atomic E-state index is 0.538. The third-order valence-electron chi connectivity index (χ3n) is 3.80. The molecule has 0 aliphatic carbocycles. The van der Waals surface area contributed by atoms with Crippen molar-refractivity contribution in [2.24, 2.45) is 0 Å². The Morgan fingerprint density at radius 2 is 1.72 bits per heavy atom. The van der Waals surface area contributed by atoms with Crippen LogP contribution in [0.1, 0.15) is 16.8 Å². The standard InChI is InChI=1S/C20H22N4O/c1-14-8-10-16(11-9-14)13-21-19-12-15(2)22-20(24-19)23-17-6-4-5-7-18(17)25-3/h4-12H,13H2,1-3H3,(H2,21,22,23,24). The van der Waals surface area contributed by atoms with E-state index in [0.717, 1.165) is 22.9 Å². The van der Waals surface area contributed by atoms with Crippen molar-refractivity contribution in [3.63, 3.8) is 0 Å². The summed E-state index contributed by atoms with van der Waals surface area (Å²) in [5.41, 5.74) is 4.19. The maximum atomic E-state index is 5.36. The van der Waals surface area contributed by atoms with Crippen LogP contribution in [0.3, 0.4) is 0 Å². The first-order chi connectivity index (χ1) is 12.1. The minimum absolute atomic E-state index is 0.538. The van der Waals surface area contributed by atoms with Crippen LogP contribution in [-0.2, 0) is 6.54 Å². The molecule has 3 rings (SSSR count). The maximum Gasteiger partial charge on any atom is 0.229 e. The van der Waals surface area contributed by atoms with E-state index >= 15 is 0 Å². The molecule has 25 heavy (non-hydrogen) atoms. The molecule has 5 nitrogen and oxygen atoms in total. The van der Waals surface area contributed by atoms with Crippen molar-refractivity contribution in [2.75, 3.05) is 17.7 Å². The largest absolute Gasteiger partial charge is 0.495 e. The van der Waals surface area contributed by atoms with Gasteiger partial charge >= 0.3 is 0 Å². The van der Waals surface area contributed by atoms with Gasteiger partial charge in [0.2, 0.25) is 5.95 Å². The molecule has 2 N–H and O–H groups in total. The molecule has 0 aliphatic rings. The normalized spacial score (nSPS) is 10.4. The van der Waals surface area contributed by atoms with Gasteiger partial charge in [0, 0.05) is 18.3 Å². The second-order valence-corrected chi connectivity index (χ2v) is 5.88. The summed E-state index contributed by atoms with van der Waals surface area (Å²) < 4.78 is 5.36. The van der Waals surface area contributed by atoms with Gasteiger partial charge < -0.3 is 15.4 Å². The van der Waals surface area contributed by atoms with Gasteiger partial charge in [-0.2, -0.15) is 4.98 Å². The molecule has 0 atom stereocenters. The predicted octanol–water partition coefficient (Wildman–Crippen LogP) is 4.46. The molecule has 0 amide bonds. The van der Waals surface area contributed by atoms with Crippen molar-refractivity contribution in [1.29, 1.82) is 0 Å². The van der Waals surface area contributed by atoms with Gasteiger partial charge in [-0.3, -0.25) is 0 Å². The van der Waals surface area contributed by atoms with Gasteiger partial charge in [-0.25, -0.2) is 4.98 Å². The number of ether oxygens (including phenoxy) is 1. The Hall–Kier alpha value is -3.08. The van der Waals surface area contributed by atoms with E-state index in [4.69, 9.17) is 4.74 Å². The summed E-state index contributed by atoms with van der Waals surface area (Å²) in [6.07, 6.45) is 0. The number of nitrogens with one attached hydrogen (secondary N) is 2. The molecule has 5 heteroatoms. The van der Waals surface area contributed by atoms with Crippen LogP contribution in [0.25, 0.3) is 0 Å². The van der Waals surface area contributed by atoms with Crippen LogP contribution in [0.5, 0.6) is 5.75 Å². The van der Waals surface area contributed by atoms with Gasteiger partial charge in [0.05, 0.1) is 12.8 Å². The van der Waals surface area contributed by atoms with Crippen LogP contribution >= 0.6 is 0 Å². The zero-order valence-electron chi connectivity index (χ0n) is 14.7. The Morgan fingerprint density at radius 1 is 0.960 bits per heavy atom. The van der Waals surface area contributed by atoms with Gasteiger partial charge in [-0.15, -0.1) is 0 Å². The lowest BCUT2D eigenvalue weighted by Gasteiger charge is -2.12. The topological polar surface area (TPSA) is 59.1 Å². The molecule has 2 aromatic carbocycles. The first-order valence-electron chi connectivity index (χ1n) is 8.19. The summed E-state index contributed by atoms with van der Waals surface area (Å²) >= 11 is 0. The highest BCUT2D eigenvalue weighted by Gasteiger charge is 2.06. The van der Waals surface area contributed by atoms with E-state index in [1.807, 2.05) is 37.3 Å². The van der Waals surface area contributed by atoms with Gasteiger partial charge in [0.15, 0.2) is 0 Å². The number of benzene rings is 2. The summed E-state index contributed by atoms with van der Waals surface area (Å²) in [6, 6.07) is 18.1. The SMILES string of the molecule is COc1ccccc1Nc1nc(C)cc(NCc2ccc(C)cc2)n1. The molecule has 0 saturated heterocycles. The van der Waals surface area contributed by atoms with Crippen molar-refractivity contribution in [1.82, 2.24) is 9.97 Å². The Bertz CT molecular complexity index is 847.